The number of carboxylic acids is 1. The first kappa shape index (κ1) is 19.5. The Morgan fingerprint density at radius 3 is 2.39 bits per heavy atom. The monoisotopic (exact) mass is 386 g/mol. The number of rotatable bonds is 8. The Kier molecular flexibility index (Phi) is 5.70. The molecule has 0 aliphatic heterocycles. The molecule has 0 amide bonds. The number of nitrogens with zero attached hydrogens (tertiary/aromatic N) is 2. The van der Waals surface area contributed by atoms with Gasteiger partial charge >= 0.3 is 5.97 Å². The van der Waals surface area contributed by atoms with Crippen LogP contribution in [0.15, 0.2) is 30.3 Å². The number of ether oxygens (including phenoxy) is 4. The highest BCUT2D eigenvalue weighted by molar-refractivity contribution is 5.93. The van der Waals surface area contributed by atoms with Gasteiger partial charge in [-0.1, -0.05) is 0 Å². The number of carboxylic acid groups (broad SMARTS) is 1. The lowest BCUT2D eigenvalue weighted by molar-refractivity contribution is 0.0697. The van der Waals surface area contributed by atoms with Crippen LogP contribution in [0.4, 0.5) is 0 Å². The minimum Gasteiger partial charge on any atom is -0.493 e. The van der Waals surface area contributed by atoms with Crippen LogP contribution in [0.1, 0.15) is 10.4 Å². The molecule has 1 aromatic heterocycles. The summed E-state index contributed by atoms with van der Waals surface area (Å²) >= 11 is 0. The summed E-state index contributed by atoms with van der Waals surface area (Å²) in [5, 5.41) is 9.28. The average Bonchev–Trinajstić information content (AvgIpc) is 3.08. The summed E-state index contributed by atoms with van der Waals surface area (Å²) in [5.41, 5.74) is 2.25. The molecule has 0 unspecified atom stereocenters. The molecule has 0 aliphatic carbocycles. The molecule has 0 atom stereocenters. The van der Waals surface area contributed by atoms with E-state index in [1.54, 1.807) is 45.6 Å². The number of methoxy groups -OCH3 is 4. The van der Waals surface area contributed by atoms with Crippen molar-refractivity contribution in [3.05, 3.63) is 35.9 Å². The molecule has 0 radical (unpaired) electrons. The maximum atomic E-state index is 11.3. The minimum absolute atomic E-state index is 0.176. The first-order valence-corrected chi connectivity index (χ1v) is 8.57. The lowest BCUT2D eigenvalue weighted by Crippen LogP contribution is -2.07. The third-order valence-electron chi connectivity index (χ3n) is 4.46. The number of benzene rings is 2. The van der Waals surface area contributed by atoms with Crippen molar-refractivity contribution in [3.63, 3.8) is 0 Å². The molecule has 0 spiro atoms. The zero-order valence-electron chi connectivity index (χ0n) is 16.2. The van der Waals surface area contributed by atoms with E-state index in [1.807, 2.05) is 10.6 Å². The number of aromatic nitrogens is 2. The highest BCUT2D eigenvalue weighted by atomic mass is 16.5. The van der Waals surface area contributed by atoms with E-state index < -0.39 is 5.97 Å². The van der Waals surface area contributed by atoms with Crippen LogP contribution in [0.5, 0.6) is 17.2 Å². The molecule has 0 bridgehead atoms. The van der Waals surface area contributed by atoms with E-state index in [0.29, 0.717) is 47.3 Å². The summed E-state index contributed by atoms with van der Waals surface area (Å²) in [5.74, 6) is 1.09. The molecular formula is C20H22N2O6. The van der Waals surface area contributed by atoms with E-state index >= 15 is 0 Å². The average molecular weight is 386 g/mol. The molecule has 8 heteroatoms. The summed E-state index contributed by atoms with van der Waals surface area (Å²) in [6.45, 7) is 1.00. The number of hydrogen-bond acceptors (Lipinski definition) is 6. The van der Waals surface area contributed by atoms with Gasteiger partial charge in [-0.05, 0) is 30.3 Å². The summed E-state index contributed by atoms with van der Waals surface area (Å²) < 4.78 is 23.6. The highest BCUT2D eigenvalue weighted by Gasteiger charge is 2.22. The maximum Gasteiger partial charge on any atom is 0.335 e. The Hall–Kier alpha value is -3.26. The van der Waals surface area contributed by atoms with Gasteiger partial charge in [-0.15, -0.1) is 0 Å². The number of aromatic carboxylic acids is 1. The zero-order valence-corrected chi connectivity index (χ0v) is 16.2. The van der Waals surface area contributed by atoms with Crippen LogP contribution < -0.4 is 14.2 Å². The molecule has 2 aromatic carbocycles. The second-order valence-electron chi connectivity index (χ2n) is 5.97. The second kappa shape index (κ2) is 8.18. The van der Waals surface area contributed by atoms with Gasteiger partial charge in [0, 0.05) is 13.7 Å². The van der Waals surface area contributed by atoms with Gasteiger partial charge in [0.1, 0.15) is 5.82 Å². The van der Waals surface area contributed by atoms with Crippen LogP contribution >= 0.6 is 0 Å². The Bertz CT molecular complexity index is 1010. The number of imidazole rings is 1. The molecule has 0 saturated heterocycles. The highest BCUT2D eigenvalue weighted by Crippen LogP contribution is 2.44. The van der Waals surface area contributed by atoms with Crippen molar-refractivity contribution in [1.82, 2.24) is 9.55 Å². The summed E-state index contributed by atoms with van der Waals surface area (Å²) in [6.07, 6.45) is 0. The van der Waals surface area contributed by atoms with Gasteiger partial charge in [0.15, 0.2) is 11.5 Å². The first-order chi connectivity index (χ1) is 13.5. The predicted octanol–water partition coefficient (Wildman–Crippen LogP) is 3.07. The van der Waals surface area contributed by atoms with Crippen molar-refractivity contribution in [3.8, 4) is 28.6 Å². The van der Waals surface area contributed by atoms with Crippen molar-refractivity contribution in [2.24, 2.45) is 0 Å². The summed E-state index contributed by atoms with van der Waals surface area (Å²) in [7, 11) is 6.26. The SMILES string of the molecule is COCCn1c(-c2ccc(OC)c(OC)c2OC)nc2cc(C(=O)O)ccc21. The van der Waals surface area contributed by atoms with Crippen LogP contribution in [0.3, 0.4) is 0 Å². The van der Waals surface area contributed by atoms with Crippen LogP contribution in [-0.4, -0.2) is 55.7 Å². The van der Waals surface area contributed by atoms with Crippen molar-refractivity contribution >= 4 is 17.0 Å². The van der Waals surface area contributed by atoms with Gasteiger partial charge in [-0.3, -0.25) is 0 Å². The van der Waals surface area contributed by atoms with Crippen LogP contribution in [0, 0.1) is 0 Å². The third-order valence-corrected chi connectivity index (χ3v) is 4.46. The Balaban J connectivity index is 2.28. The molecule has 1 heterocycles. The fourth-order valence-corrected chi connectivity index (χ4v) is 3.15. The second-order valence-corrected chi connectivity index (χ2v) is 5.97. The lowest BCUT2D eigenvalue weighted by atomic mass is 10.1. The molecule has 3 aromatic rings. The molecule has 1 N–H and O–H groups in total. The molecular weight excluding hydrogens is 364 g/mol. The standard InChI is InChI=1S/C20H22N2O6/c1-25-10-9-22-15-7-5-12(20(23)24)11-14(15)21-19(22)13-6-8-16(26-2)18(28-4)17(13)27-3/h5-8,11H,9-10H2,1-4H3,(H,23,24). The fraction of sp³-hybridized carbons (Fsp3) is 0.300. The van der Waals surface area contributed by atoms with Crippen molar-refractivity contribution in [2.45, 2.75) is 6.54 Å². The van der Waals surface area contributed by atoms with E-state index in [4.69, 9.17) is 18.9 Å². The Morgan fingerprint density at radius 2 is 1.79 bits per heavy atom. The quantitative estimate of drug-likeness (QED) is 0.636. The van der Waals surface area contributed by atoms with Gasteiger partial charge in [0.2, 0.25) is 5.75 Å². The van der Waals surface area contributed by atoms with Crippen molar-refractivity contribution in [2.75, 3.05) is 35.0 Å². The smallest absolute Gasteiger partial charge is 0.335 e. The number of hydrogen-bond donors (Lipinski definition) is 1. The van der Waals surface area contributed by atoms with Crippen LogP contribution in [0.2, 0.25) is 0 Å². The van der Waals surface area contributed by atoms with E-state index in [9.17, 15) is 9.90 Å². The molecule has 28 heavy (non-hydrogen) atoms. The molecule has 0 fully saturated rings. The summed E-state index contributed by atoms with van der Waals surface area (Å²) in [6, 6.07) is 8.48. The first-order valence-electron chi connectivity index (χ1n) is 8.57. The van der Waals surface area contributed by atoms with Gasteiger partial charge in [-0.2, -0.15) is 0 Å². The number of carbonyl (C=O) groups is 1. The topological polar surface area (TPSA) is 92.0 Å². The van der Waals surface area contributed by atoms with Crippen LogP contribution in [0.25, 0.3) is 22.4 Å². The van der Waals surface area contributed by atoms with E-state index in [2.05, 4.69) is 4.98 Å². The fourth-order valence-electron chi connectivity index (χ4n) is 3.15. The Morgan fingerprint density at radius 1 is 1.04 bits per heavy atom. The van der Waals surface area contributed by atoms with Crippen molar-refractivity contribution in [1.29, 1.82) is 0 Å². The maximum absolute atomic E-state index is 11.3. The molecule has 148 valence electrons. The van der Waals surface area contributed by atoms with Crippen LogP contribution in [-0.2, 0) is 11.3 Å². The number of fused-ring (bicyclic) bond motifs is 1. The predicted molar refractivity (Wildman–Crippen MR) is 104 cm³/mol. The molecule has 0 saturated carbocycles. The zero-order chi connectivity index (χ0) is 20.3. The largest absolute Gasteiger partial charge is 0.493 e. The summed E-state index contributed by atoms with van der Waals surface area (Å²) in [4.78, 5) is 16.0. The molecule has 0 aliphatic rings. The molecule has 3 rings (SSSR count). The van der Waals surface area contributed by atoms with Crippen molar-refractivity contribution < 1.29 is 28.8 Å². The minimum atomic E-state index is -1.00. The van der Waals surface area contributed by atoms with Gasteiger partial charge in [0.05, 0.1) is 50.1 Å². The molecule has 8 nitrogen and oxygen atoms in total. The third kappa shape index (κ3) is 3.34. The van der Waals surface area contributed by atoms with Gasteiger partial charge in [0.25, 0.3) is 0 Å². The van der Waals surface area contributed by atoms with Gasteiger partial charge < -0.3 is 28.6 Å². The van der Waals surface area contributed by atoms with Gasteiger partial charge in [-0.25, -0.2) is 9.78 Å². The normalized spacial score (nSPS) is 10.9. The Labute approximate surface area is 162 Å². The lowest BCUT2D eigenvalue weighted by Gasteiger charge is -2.16. The van der Waals surface area contributed by atoms with E-state index in [0.717, 1.165) is 5.52 Å². The van der Waals surface area contributed by atoms with E-state index in [1.165, 1.54) is 7.11 Å². The van der Waals surface area contributed by atoms with E-state index in [-0.39, 0.29) is 5.56 Å².